The van der Waals surface area contributed by atoms with Crippen LogP contribution in [0.25, 0.3) is 0 Å². The summed E-state index contributed by atoms with van der Waals surface area (Å²) in [6.45, 7) is 0.433. The van der Waals surface area contributed by atoms with E-state index in [0.29, 0.717) is 17.8 Å². The summed E-state index contributed by atoms with van der Waals surface area (Å²) in [5.74, 6) is -0.706. The number of carbonyl (C=O) groups is 1. The first-order valence-corrected chi connectivity index (χ1v) is 7.91. The molecule has 1 aliphatic heterocycles. The van der Waals surface area contributed by atoms with Crippen LogP contribution in [-0.4, -0.2) is 16.1 Å². The van der Waals surface area contributed by atoms with E-state index in [1.165, 1.54) is 30.6 Å². The molecule has 26 heavy (non-hydrogen) atoms. The van der Waals surface area contributed by atoms with Crippen molar-refractivity contribution in [1.82, 2.24) is 10.4 Å². The Balaban J connectivity index is 1.65. The Kier molecular flexibility index (Phi) is 4.02. The minimum absolute atomic E-state index is 0.0873. The summed E-state index contributed by atoms with van der Waals surface area (Å²) >= 11 is 0. The Bertz CT molecular complexity index is 945. The van der Waals surface area contributed by atoms with E-state index < -0.39 is 12.1 Å². The lowest BCUT2D eigenvalue weighted by Gasteiger charge is -2.21. The minimum Gasteiger partial charge on any atom is -0.478 e. The van der Waals surface area contributed by atoms with Crippen molar-refractivity contribution in [3.05, 3.63) is 77.8 Å². The van der Waals surface area contributed by atoms with Crippen LogP contribution in [-0.2, 0) is 6.54 Å². The molecule has 0 bridgehead atoms. The second-order valence-electron chi connectivity index (χ2n) is 5.80. The summed E-state index contributed by atoms with van der Waals surface area (Å²) in [6.07, 6.45) is 3.91. The van der Waals surface area contributed by atoms with Crippen molar-refractivity contribution in [2.45, 2.75) is 12.7 Å². The molecule has 1 unspecified atom stereocenters. The molecule has 7 nitrogen and oxygen atoms in total. The van der Waals surface area contributed by atoms with Crippen molar-refractivity contribution in [2.75, 3.05) is 10.3 Å². The number of carboxylic acid groups (broad SMARTS) is 1. The molecule has 132 valence electrons. The zero-order valence-electron chi connectivity index (χ0n) is 13.5. The lowest BCUT2D eigenvalue weighted by Crippen LogP contribution is -2.36. The van der Waals surface area contributed by atoms with Crippen molar-refractivity contribution in [2.24, 2.45) is 0 Å². The molecule has 0 saturated heterocycles. The smallest absolute Gasteiger partial charge is 0.337 e. The number of pyridine rings is 1. The molecule has 1 aromatic carbocycles. The number of halogens is 1. The molecule has 2 aromatic heterocycles. The second-order valence-corrected chi connectivity index (χ2v) is 5.80. The first-order chi connectivity index (χ1) is 12.6. The molecule has 1 aliphatic rings. The maximum absolute atomic E-state index is 13.8. The average molecular weight is 354 g/mol. The van der Waals surface area contributed by atoms with Crippen LogP contribution in [0, 0.1) is 5.82 Å². The van der Waals surface area contributed by atoms with E-state index in [2.05, 4.69) is 15.7 Å². The van der Waals surface area contributed by atoms with Crippen LogP contribution in [0.4, 0.5) is 15.8 Å². The largest absolute Gasteiger partial charge is 0.478 e. The van der Waals surface area contributed by atoms with Crippen molar-refractivity contribution in [3.8, 4) is 0 Å². The van der Waals surface area contributed by atoms with Crippen molar-refractivity contribution in [3.63, 3.8) is 0 Å². The number of rotatable bonds is 5. The highest BCUT2D eigenvalue weighted by atomic mass is 19.1. The van der Waals surface area contributed by atoms with Gasteiger partial charge in [0.25, 0.3) is 0 Å². The highest BCUT2D eigenvalue weighted by molar-refractivity contribution is 5.94. The van der Waals surface area contributed by atoms with Gasteiger partial charge in [0.1, 0.15) is 17.7 Å². The highest BCUT2D eigenvalue weighted by Crippen LogP contribution is 2.35. The SMILES string of the molecule is O=C(O)c1ccncc1NC1NN(Cc2ccco2)c2ccc(F)cc21. The number of hydrogen-bond donors (Lipinski definition) is 3. The number of aromatic nitrogens is 1. The summed E-state index contributed by atoms with van der Waals surface area (Å²) in [5, 5.41) is 14.2. The van der Waals surface area contributed by atoms with Crippen LogP contribution in [0.2, 0.25) is 0 Å². The lowest BCUT2D eigenvalue weighted by atomic mass is 10.1. The molecule has 4 rings (SSSR count). The van der Waals surface area contributed by atoms with E-state index in [-0.39, 0.29) is 11.4 Å². The fourth-order valence-corrected chi connectivity index (χ4v) is 2.95. The lowest BCUT2D eigenvalue weighted by molar-refractivity contribution is 0.0697. The molecule has 0 radical (unpaired) electrons. The molecular weight excluding hydrogens is 339 g/mol. The summed E-state index contributed by atoms with van der Waals surface area (Å²) in [6, 6.07) is 9.51. The zero-order valence-corrected chi connectivity index (χ0v) is 13.5. The van der Waals surface area contributed by atoms with Crippen LogP contribution in [0.15, 0.2) is 59.5 Å². The molecule has 0 amide bonds. The zero-order chi connectivity index (χ0) is 18.1. The second kappa shape index (κ2) is 6.49. The standard InChI is InChI=1S/C18H15FN4O3/c19-11-3-4-16-14(8-11)17(22-23(16)10-12-2-1-7-26-12)21-15-9-20-6-5-13(15)18(24)25/h1-9,17,21-22H,10H2,(H,24,25). The Labute approximate surface area is 148 Å². The molecule has 0 spiro atoms. The predicted molar refractivity (Wildman–Crippen MR) is 92.0 cm³/mol. The van der Waals surface area contributed by atoms with Crippen LogP contribution in [0.1, 0.15) is 27.8 Å². The molecule has 8 heteroatoms. The third-order valence-electron chi connectivity index (χ3n) is 4.12. The van der Waals surface area contributed by atoms with Gasteiger partial charge in [0.15, 0.2) is 0 Å². The number of benzene rings is 1. The van der Waals surface area contributed by atoms with Gasteiger partial charge in [0, 0.05) is 11.8 Å². The quantitative estimate of drug-likeness (QED) is 0.648. The van der Waals surface area contributed by atoms with Gasteiger partial charge in [-0.2, -0.15) is 0 Å². The molecular formula is C18H15FN4O3. The fourth-order valence-electron chi connectivity index (χ4n) is 2.95. The normalized spacial score (nSPS) is 15.7. The summed E-state index contributed by atoms with van der Waals surface area (Å²) < 4.78 is 19.2. The maximum atomic E-state index is 13.8. The van der Waals surface area contributed by atoms with Crippen molar-refractivity contribution in [1.29, 1.82) is 0 Å². The van der Waals surface area contributed by atoms with Gasteiger partial charge in [-0.05, 0) is 36.4 Å². The van der Waals surface area contributed by atoms with Gasteiger partial charge in [0.05, 0.1) is 35.9 Å². The van der Waals surface area contributed by atoms with Gasteiger partial charge in [-0.1, -0.05) is 0 Å². The number of aromatic carboxylic acids is 1. The number of anilines is 2. The van der Waals surface area contributed by atoms with E-state index in [4.69, 9.17) is 4.42 Å². The minimum atomic E-state index is -1.07. The molecule has 3 heterocycles. The van der Waals surface area contributed by atoms with Crippen LogP contribution < -0.4 is 15.8 Å². The number of hydrazine groups is 1. The number of fused-ring (bicyclic) bond motifs is 1. The summed E-state index contributed by atoms with van der Waals surface area (Å²) in [7, 11) is 0. The number of hydrogen-bond acceptors (Lipinski definition) is 6. The Morgan fingerprint density at radius 2 is 2.27 bits per heavy atom. The van der Waals surface area contributed by atoms with Gasteiger partial charge in [-0.25, -0.2) is 14.6 Å². The Hall–Kier alpha value is -3.39. The van der Waals surface area contributed by atoms with E-state index in [1.54, 1.807) is 18.4 Å². The van der Waals surface area contributed by atoms with Gasteiger partial charge < -0.3 is 14.8 Å². The first kappa shape index (κ1) is 16.1. The highest BCUT2D eigenvalue weighted by Gasteiger charge is 2.30. The van der Waals surface area contributed by atoms with Crippen LogP contribution >= 0.6 is 0 Å². The van der Waals surface area contributed by atoms with Crippen molar-refractivity contribution < 1.29 is 18.7 Å². The van der Waals surface area contributed by atoms with Crippen LogP contribution in [0.3, 0.4) is 0 Å². The van der Waals surface area contributed by atoms with E-state index in [1.807, 2.05) is 11.1 Å². The number of nitrogens with one attached hydrogen (secondary N) is 2. The van der Waals surface area contributed by atoms with Crippen LogP contribution in [0.5, 0.6) is 0 Å². The van der Waals surface area contributed by atoms with Gasteiger partial charge in [-0.15, -0.1) is 0 Å². The molecule has 0 aliphatic carbocycles. The van der Waals surface area contributed by atoms with Gasteiger partial charge in [-0.3, -0.25) is 9.99 Å². The molecule has 3 aromatic rings. The number of carboxylic acids is 1. The van der Waals surface area contributed by atoms with E-state index in [9.17, 15) is 14.3 Å². The third kappa shape index (κ3) is 2.98. The molecule has 3 N–H and O–H groups in total. The molecule has 0 saturated carbocycles. The van der Waals surface area contributed by atoms with E-state index in [0.717, 1.165) is 11.4 Å². The predicted octanol–water partition coefficient (Wildman–Crippen LogP) is 3.15. The van der Waals surface area contributed by atoms with E-state index >= 15 is 0 Å². The number of furan rings is 1. The summed E-state index contributed by atoms with van der Waals surface area (Å²) in [5.41, 5.74) is 5.08. The maximum Gasteiger partial charge on any atom is 0.337 e. The average Bonchev–Trinajstić information content (AvgIpc) is 3.24. The monoisotopic (exact) mass is 354 g/mol. The Morgan fingerprint density at radius 3 is 3.04 bits per heavy atom. The Morgan fingerprint density at radius 1 is 1.38 bits per heavy atom. The molecule has 1 atom stereocenters. The topological polar surface area (TPSA) is 90.6 Å². The van der Waals surface area contributed by atoms with Gasteiger partial charge in [0.2, 0.25) is 0 Å². The first-order valence-electron chi connectivity index (χ1n) is 7.91. The summed E-state index contributed by atoms with van der Waals surface area (Å²) in [4.78, 5) is 15.4. The third-order valence-corrected chi connectivity index (χ3v) is 4.12. The fraction of sp³-hybridized carbons (Fsp3) is 0.111. The van der Waals surface area contributed by atoms with Gasteiger partial charge >= 0.3 is 5.97 Å². The van der Waals surface area contributed by atoms with Crippen molar-refractivity contribution >= 4 is 17.3 Å². The molecule has 0 fully saturated rings. The number of nitrogens with zero attached hydrogens (tertiary/aromatic N) is 2.